The lowest BCUT2D eigenvalue weighted by Gasteiger charge is -2.30. The molecular weight excluding hydrogens is 304 g/mol. The van der Waals surface area contributed by atoms with E-state index in [0.717, 1.165) is 37.6 Å². The van der Waals surface area contributed by atoms with Gasteiger partial charge < -0.3 is 9.84 Å². The molecule has 1 atom stereocenters. The molecule has 124 valence electrons. The highest BCUT2D eigenvalue weighted by molar-refractivity contribution is 5.49. The molecule has 4 rings (SSSR count). The van der Waals surface area contributed by atoms with Crippen molar-refractivity contribution in [3.05, 3.63) is 54.1 Å². The number of piperazine rings is 1. The Kier molecular flexibility index (Phi) is 4.10. The van der Waals surface area contributed by atoms with Crippen molar-refractivity contribution in [2.45, 2.75) is 12.6 Å². The van der Waals surface area contributed by atoms with E-state index in [1.165, 1.54) is 5.56 Å². The van der Waals surface area contributed by atoms with Gasteiger partial charge in [-0.3, -0.25) is 9.58 Å². The van der Waals surface area contributed by atoms with Gasteiger partial charge in [-0.15, -0.1) is 0 Å². The summed E-state index contributed by atoms with van der Waals surface area (Å²) >= 11 is 0. The van der Waals surface area contributed by atoms with Gasteiger partial charge in [0.05, 0.1) is 24.3 Å². The molecule has 1 aliphatic heterocycles. The topological polar surface area (TPSA) is 72.0 Å². The second-order valence-corrected chi connectivity index (χ2v) is 6.07. The average Bonchev–Trinajstić information content (AvgIpc) is 3.25. The van der Waals surface area contributed by atoms with Gasteiger partial charge in [0, 0.05) is 25.8 Å². The minimum absolute atomic E-state index is 0.149. The number of hydrogen-bond donors (Lipinski definition) is 1. The molecule has 0 bridgehead atoms. The van der Waals surface area contributed by atoms with Crippen LogP contribution in [0.3, 0.4) is 0 Å². The van der Waals surface area contributed by atoms with Crippen molar-refractivity contribution in [2.24, 2.45) is 0 Å². The first-order valence-electron chi connectivity index (χ1n) is 8.11. The summed E-state index contributed by atoms with van der Waals surface area (Å²) in [4.78, 5) is 6.80. The molecular formula is C17H20N6O. The first-order chi connectivity index (χ1) is 11.8. The number of hydrogen-bond acceptors (Lipinski definition) is 6. The Morgan fingerprint density at radius 1 is 1.29 bits per heavy atom. The molecule has 1 N–H and O–H groups in total. The fourth-order valence-corrected chi connectivity index (χ4v) is 2.91. The maximum absolute atomic E-state index is 5.45. The molecule has 0 aliphatic carbocycles. The van der Waals surface area contributed by atoms with E-state index in [4.69, 9.17) is 4.52 Å². The van der Waals surface area contributed by atoms with E-state index < -0.39 is 0 Å². The number of nitrogens with zero attached hydrogens (tertiary/aromatic N) is 5. The largest absolute Gasteiger partial charge is 0.334 e. The van der Waals surface area contributed by atoms with Crippen LogP contribution in [-0.2, 0) is 6.54 Å². The Morgan fingerprint density at radius 2 is 2.17 bits per heavy atom. The zero-order chi connectivity index (χ0) is 16.4. The summed E-state index contributed by atoms with van der Waals surface area (Å²) in [5.74, 6) is 1.23. The zero-order valence-electron chi connectivity index (χ0n) is 13.6. The third-order valence-electron chi connectivity index (χ3n) is 4.32. The molecule has 1 unspecified atom stereocenters. The van der Waals surface area contributed by atoms with Gasteiger partial charge in [0.15, 0.2) is 5.82 Å². The summed E-state index contributed by atoms with van der Waals surface area (Å²) in [5.41, 5.74) is 2.05. The molecule has 24 heavy (non-hydrogen) atoms. The number of nitrogens with one attached hydrogen (secondary N) is 1. The summed E-state index contributed by atoms with van der Waals surface area (Å²) in [5, 5.41) is 11.9. The Morgan fingerprint density at radius 3 is 3.00 bits per heavy atom. The molecule has 3 aromatic rings. The highest BCUT2D eigenvalue weighted by Gasteiger charge is 2.25. The highest BCUT2D eigenvalue weighted by atomic mass is 16.5. The lowest BCUT2D eigenvalue weighted by Crippen LogP contribution is -2.44. The highest BCUT2D eigenvalue weighted by Crippen LogP contribution is 2.22. The van der Waals surface area contributed by atoms with Gasteiger partial charge in [-0.1, -0.05) is 35.5 Å². The number of likely N-dealkylation sites (N-methyl/N-ethyl adjacent to an activating group) is 1. The number of rotatable bonds is 4. The van der Waals surface area contributed by atoms with E-state index in [2.05, 4.69) is 44.6 Å². The van der Waals surface area contributed by atoms with Crippen LogP contribution in [0.2, 0.25) is 0 Å². The predicted molar refractivity (Wildman–Crippen MR) is 89.3 cm³/mol. The SMILES string of the molecule is CN1CCNCC1c1noc(-c2cnn(Cc3ccccc3)c2)n1. The van der Waals surface area contributed by atoms with Crippen molar-refractivity contribution in [1.82, 2.24) is 30.1 Å². The summed E-state index contributed by atoms with van der Waals surface area (Å²) in [7, 11) is 2.08. The predicted octanol–water partition coefficient (Wildman–Crippen LogP) is 1.56. The Labute approximate surface area is 140 Å². The molecule has 2 aromatic heterocycles. The van der Waals surface area contributed by atoms with E-state index in [-0.39, 0.29) is 6.04 Å². The van der Waals surface area contributed by atoms with E-state index >= 15 is 0 Å². The third kappa shape index (κ3) is 3.08. The average molecular weight is 324 g/mol. The number of benzene rings is 1. The molecule has 1 saturated heterocycles. The van der Waals surface area contributed by atoms with E-state index in [0.29, 0.717) is 5.89 Å². The fourth-order valence-electron chi connectivity index (χ4n) is 2.91. The van der Waals surface area contributed by atoms with Crippen LogP contribution in [0.15, 0.2) is 47.2 Å². The van der Waals surface area contributed by atoms with Crippen LogP contribution in [-0.4, -0.2) is 51.5 Å². The molecule has 1 aromatic carbocycles. The van der Waals surface area contributed by atoms with Gasteiger partial charge >= 0.3 is 0 Å². The molecule has 7 nitrogen and oxygen atoms in total. The molecule has 0 radical (unpaired) electrons. The molecule has 3 heterocycles. The van der Waals surface area contributed by atoms with Crippen molar-refractivity contribution in [3.63, 3.8) is 0 Å². The standard InChI is InChI=1S/C17H20N6O/c1-22-8-7-18-10-15(22)16-20-17(24-21-16)14-9-19-23(12-14)11-13-5-3-2-4-6-13/h2-6,9,12,15,18H,7-8,10-11H2,1H3. The van der Waals surface area contributed by atoms with Gasteiger partial charge in [0.2, 0.25) is 0 Å². The van der Waals surface area contributed by atoms with Gasteiger partial charge in [0.25, 0.3) is 5.89 Å². The normalized spacial score (nSPS) is 18.8. The Hall–Kier alpha value is -2.51. The zero-order valence-corrected chi connectivity index (χ0v) is 13.6. The fraction of sp³-hybridized carbons (Fsp3) is 0.353. The van der Waals surface area contributed by atoms with Crippen LogP contribution in [0.1, 0.15) is 17.4 Å². The van der Waals surface area contributed by atoms with Crippen molar-refractivity contribution in [1.29, 1.82) is 0 Å². The van der Waals surface area contributed by atoms with Gasteiger partial charge in [-0.25, -0.2) is 0 Å². The molecule has 7 heteroatoms. The monoisotopic (exact) mass is 324 g/mol. The summed E-state index contributed by atoms with van der Waals surface area (Å²) in [6.07, 6.45) is 3.70. The van der Waals surface area contributed by atoms with Crippen LogP contribution in [0.25, 0.3) is 11.5 Å². The maximum atomic E-state index is 5.45. The van der Waals surface area contributed by atoms with E-state index in [1.54, 1.807) is 6.20 Å². The Balaban J connectivity index is 1.50. The first-order valence-corrected chi connectivity index (χ1v) is 8.11. The van der Waals surface area contributed by atoms with Crippen LogP contribution in [0.4, 0.5) is 0 Å². The maximum Gasteiger partial charge on any atom is 0.261 e. The molecule has 0 spiro atoms. The van der Waals surface area contributed by atoms with E-state index in [9.17, 15) is 0 Å². The molecule has 1 aliphatic rings. The van der Waals surface area contributed by atoms with Crippen molar-refractivity contribution in [3.8, 4) is 11.5 Å². The van der Waals surface area contributed by atoms with E-state index in [1.807, 2.05) is 29.1 Å². The molecule has 0 amide bonds. The number of aromatic nitrogens is 4. The molecule has 1 fully saturated rings. The van der Waals surface area contributed by atoms with Gasteiger partial charge in [0.1, 0.15) is 0 Å². The van der Waals surface area contributed by atoms with Crippen LogP contribution < -0.4 is 5.32 Å². The Bertz CT molecular complexity index is 796. The van der Waals surface area contributed by atoms with Crippen molar-refractivity contribution in [2.75, 3.05) is 26.7 Å². The summed E-state index contributed by atoms with van der Waals surface area (Å²) in [6.45, 7) is 3.52. The first kappa shape index (κ1) is 15.0. The van der Waals surface area contributed by atoms with Gasteiger partial charge in [-0.05, 0) is 12.6 Å². The van der Waals surface area contributed by atoms with Crippen LogP contribution >= 0.6 is 0 Å². The van der Waals surface area contributed by atoms with Crippen molar-refractivity contribution >= 4 is 0 Å². The minimum atomic E-state index is 0.149. The summed E-state index contributed by atoms with van der Waals surface area (Å²) in [6, 6.07) is 10.4. The van der Waals surface area contributed by atoms with Crippen LogP contribution in [0, 0.1) is 0 Å². The summed E-state index contributed by atoms with van der Waals surface area (Å²) < 4.78 is 7.32. The second-order valence-electron chi connectivity index (χ2n) is 6.07. The van der Waals surface area contributed by atoms with Crippen molar-refractivity contribution < 1.29 is 4.52 Å². The lowest BCUT2D eigenvalue weighted by atomic mass is 10.2. The van der Waals surface area contributed by atoms with Crippen LogP contribution in [0.5, 0.6) is 0 Å². The molecule has 0 saturated carbocycles. The quantitative estimate of drug-likeness (QED) is 0.785. The van der Waals surface area contributed by atoms with Gasteiger partial charge in [-0.2, -0.15) is 10.1 Å². The second kappa shape index (κ2) is 6.54. The smallest absolute Gasteiger partial charge is 0.261 e. The minimum Gasteiger partial charge on any atom is -0.334 e. The lowest BCUT2D eigenvalue weighted by molar-refractivity contribution is 0.190. The third-order valence-corrected chi connectivity index (χ3v) is 4.32.